The lowest BCUT2D eigenvalue weighted by atomic mass is 10.3. The van der Waals surface area contributed by atoms with E-state index in [1.54, 1.807) is 6.07 Å². The molecule has 0 aliphatic rings. The van der Waals surface area contributed by atoms with Crippen LogP contribution in [0.25, 0.3) is 0 Å². The fourth-order valence-electron chi connectivity index (χ4n) is 1.43. The molecule has 18 heavy (non-hydrogen) atoms. The largest absolute Gasteiger partial charge is 0.388 e. The molecular formula is C12H11BrN4S. The van der Waals surface area contributed by atoms with Crippen molar-refractivity contribution in [3.05, 3.63) is 46.2 Å². The van der Waals surface area contributed by atoms with Gasteiger partial charge in [0.25, 0.3) is 0 Å². The molecule has 0 atom stereocenters. The zero-order valence-corrected chi connectivity index (χ0v) is 12.0. The molecular weight excluding hydrogens is 312 g/mol. The summed E-state index contributed by atoms with van der Waals surface area (Å²) in [6, 6.07) is 9.49. The molecule has 4 nitrogen and oxygen atoms in total. The van der Waals surface area contributed by atoms with Crippen LogP contribution in [0.4, 0.5) is 11.6 Å². The fraction of sp³-hybridized carbons (Fsp3) is 0.0833. The van der Waals surface area contributed by atoms with Crippen LogP contribution >= 0.6 is 28.1 Å². The van der Waals surface area contributed by atoms with Crippen LogP contribution < -0.4 is 11.1 Å². The molecule has 0 aliphatic heterocycles. The first-order valence-electron chi connectivity index (χ1n) is 5.23. The van der Waals surface area contributed by atoms with E-state index in [1.807, 2.05) is 31.2 Å². The van der Waals surface area contributed by atoms with Gasteiger partial charge >= 0.3 is 0 Å². The molecule has 3 N–H and O–H groups in total. The highest BCUT2D eigenvalue weighted by Crippen LogP contribution is 2.23. The molecule has 1 heterocycles. The summed E-state index contributed by atoms with van der Waals surface area (Å²) in [6.07, 6.45) is 0. The van der Waals surface area contributed by atoms with Gasteiger partial charge in [-0.25, -0.2) is 9.97 Å². The van der Waals surface area contributed by atoms with Crippen molar-refractivity contribution in [1.29, 1.82) is 0 Å². The zero-order valence-electron chi connectivity index (χ0n) is 9.64. The number of benzene rings is 1. The average Bonchev–Trinajstić information content (AvgIpc) is 2.31. The van der Waals surface area contributed by atoms with E-state index in [-0.39, 0.29) is 4.99 Å². The number of para-hydroxylation sites is 1. The van der Waals surface area contributed by atoms with Gasteiger partial charge in [0.1, 0.15) is 10.7 Å². The van der Waals surface area contributed by atoms with Gasteiger partial charge < -0.3 is 11.1 Å². The third-order valence-corrected chi connectivity index (χ3v) is 3.13. The summed E-state index contributed by atoms with van der Waals surface area (Å²) in [5.74, 6) is 0.477. The summed E-state index contributed by atoms with van der Waals surface area (Å²) in [6.45, 7) is 1.87. The van der Waals surface area contributed by atoms with Gasteiger partial charge in [0.2, 0.25) is 5.95 Å². The number of nitrogens with zero attached hydrogens (tertiary/aromatic N) is 2. The highest BCUT2D eigenvalue weighted by Gasteiger charge is 2.06. The average molecular weight is 323 g/mol. The Bertz CT molecular complexity index is 600. The maximum absolute atomic E-state index is 5.58. The third kappa shape index (κ3) is 3.02. The summed E-state index contributed by atoms with van der Waals surface area (Å²) < 4.78 is 0.937. The summed E-state index contributed by atoms with van der Waals surface area (Å²) in [5.41, 5.74) is 7.83. The molecule has 0 spiro atoms. The number of rotatable bonds is 3. The Labute approximate surface area is 119 Å². The second kappa shape index (κ2) is 5.41. The first kappa shape index (κ1) is 12.9. The van der Waals surface area contributed by atoms with E-state index in [1.165, 1.54) is 0 Å². The van der Waals surface area contributed by atoms with Crippen molar-refractivity contribution in [2.24, 2.45) is 5.73 Å². The number of aromatic nitrogens is 2. The van der Waals surface area contributed by atoms with Crippen molar-refractivity contribution in [2.75, 3.05) is 5.32 Å². The number of hydrogen-bond donors (Lipinski definition) is 2. The highest BCUT2D eigenvalue weighted by atomic mass is 79.9. The molecule has 1 aromatic carbocycles. The maximum Gasteiger partial charge on any atom is 0.228 e. The van der Waals surface area contributed by atoms with E-state index in [2.05, 4.69) is 31.2 Å². The van der Waals surface area contributed by atoms with Crippen LogP contribution in [-0.2, 0) is 0 Å². The number of anilines is 2. The van der Waals surface area contributed by atoms with Crippen LogP contribution in [0, 0.1) is 6.92 Å². The fourth-order valence-corrected chi connectivity index (χ4v) is 1.92. The van der Waals surface area contributed by atoms with Gasteiger partial charge in [0, 0.05) is 10.2 Å². The Balaban J connectivity index is 2.35. The molecule has 92 valence electrons. The number of hydrogen-bond acceptors (Lipinski definition) is 4. The Morgan fingerprint density at radius 1 is 1.33 bits per heavy atom. The Hall–Kier alpha value is -1.53. The Morgan fingerprint density at radius 3 is 2.72 bits per heavy atom. The van der Waals surface area contributed by atoms with Crippen molar-refractivity contribution >= 4 is 44.8 Å². The van der Waals surface area contributed by atoms with Crippen LogP contribution in [0.15, 0.2) is 34.8 Å². The lowest BCUT2D eigenvalue weighted by molar-refractivity contribution is 1.09. The summed E-state index contributed by atoms with van der Waals surface area (Å²) >= 11 is 8.37. The van der Waals surface area contributed by atoms with E-state index in [0.29, 0.717) is 11.6 Å². The third-order valence-electron chi connectivity index (χ3n) is 2.23. The summed E-state index contributed by atoms with van der Waals surface area (Å²) in [4.78, 5) is 8.81. The molecule has 2 rings (SSSR count). The predicted octanol–water partition coefficient (Wildman–Crippen LogP) is 2.93. The minimum absolute atomic E-state index is 0.260. The lowest BCUT2D eigenvalue weighted by Crippen LogP contribution is -2.13. The van der Waals surface area contributed by atoms with Crippen LogP contribution in [0.1, 0.15) is 11.4 Å². The molecule has 1 aromatic heterocycles. The van der Waals surface area contributed by atoms with Crippen molar-refractivity contribution in [3.63, 3.8) is 0 Å². The summed E-state index contributed by atoms with van der Waals surface area (Å²) in [5, 5.41) is 3.12. The molecule has 2 aromatic rings. The minimum atomic E-state index is 0.260. The first-order chi connectivity index (χ1) is 8.56. The van der Waals surface area contributed by atoms with Gasteiger partial charge in [-0.05, 0) is 41.1 Å². The molecule has 0 unspecified atom stereocenters. The molecule has 0 bridgehead atoms. The van der Waals surface area contributed by atoms with Crippen LogP contribution in [0.3, 0.4) is 0 Å². The van der Waals surface area contributed by atoms with Gasteiger partial charge in [-0.2, -0.15) is 0 Å². The smallest absolute Gasteiger partial charge is 0.228 e. The second-order valence-electron chi connectivity index (χ2n) is 3.69. The summed E-state index contributed by atoms with van der Waals surface area (Å²) in [7, 11) is 0. The van der Waals surface area contributed by atoms with E-state index in [0.717, 1.165) is 15.9 Å². The highest BCUT2D eigenvalue weighted by molar-refractivity contribution is 9.10. The maximum atomic E-state index is 5.58. The quantitative estimate of drug-likeness (QED) is 0.851. The number of nitrogens with one attached hydrogen (secondary N) is 1. The minimum Gasteiger partial charge on any atom is -0.388 e. The molecule has 0 amide bonds. The molecule has 6 heteroatoms. The standard InChI is InChI=1S/C12H11BrN4S/c1-7-6-10(11(14)18)17-12(15-7)16-9-5-3-2-4-8(9)13/h2-6H,1H3,(H2,14,18)(H,15,16,17). The van der Waals surface area contributed by atoms with Crippen molar-refractivity contribution in [2.45, 2.75) is 6.92 Å². The normalized spacial score (nSPS) is 10.1. The second-order valence-corrected chi connectivity index (χ2v) is 4.98. The zero-order chi connectivity index (χ0) is 13.1. The van der Waals surface area contributed by atoms with Gasteiger partial charge in [-0.15, -0.1) is 0 Å². The van der Waals surface area contributed by atoms with E-state index < -0.39 is 0 Å². The molecule has 0 saturated carbocycles. The van der Waals surface area contributed by atoms with Crippen molar-refractivity contribution in [1.82, 2.24) is 9.97 Å². The molecule has 0 aliphatic carbocycles. The topological polar surface area (TPSA) is 63.8 Å². The van der Waals surface area contributed by atoms with E-state index in [9.17, 15) is 0 Å². The monoisotopic (exact) mass is 322 g/mol. The lowest BCUT2D eigenvalue weighted by Gasteiger charge is -2.08. The van der Waals surface area contributed by atoms with Crippen LogP contribution in [0.2, 0.25) is 0 Å². The van der Waals surface area contributed by atoms with Gasteiger partial charge in [0.05, 0.1) is 5.69 Å². The number of nitrogens with two attached hydrogens (primary N) is 1. The first-order valence-corrected chi connectivity index (χ1v) is 6.43. The van der Waals surface area contributed by atoms with Gasteiger partial charge in [-0.3, -0.25) is 0 Å². The van der Waals surface area contributed by atoms with Crippen LogP contribution in [0.5, 0.6) is 0 Å². The number of thiocarbonyl (C=S) groups is 1. The van der Waals surface area contributed by atoms with Crippen molar-refractivity contribution in [3.8, 4) is 0 Å². The molecule has 0 fully saturated rings. The van der Waals surface area contributed by atoms with Gasteiger partial charge in [0.15, 0.2) is 0 Å². The Kier molecular flexibility index (Phi) is 3.88. The van der Waals surface area contributed by atoms with E-state index in [4.69, 9.17) is 18.0 Å². The van der Waals surface area contributed by atoms with Gasteiger partial charge in [-0.1, -0.05) is 24.4 Å². The SMILES string of the molecule is Cc1cc(C(N)=S)nc(Nc2ccccc2Br)n1. The molecule has 0 saturated heterocycles. The number of halogens is 1. The van der Waals surface area contributed by atoms with Crippen LogP contribution in [-0.4, -0.2) is 15.0 Å². The molecule has 0 radical (unpaired) electrons. The Morgan fingerprint density at radius 2 is 2.06 bits per heavy atom. The number of aryl methyl sites for hydroxylation is 1. The van der Waals surface area contributed by atoms with Crippen molar-refractivity contribution < 1.29 is 0 Å². The van der Waals surface area contributed by atoms with E-state index >= 15 is 0 Å². The predicted molar refractivity (Wildman–Crippen MR) is 80.1 cm³/mol.